The summed E-state index contributed by atoms with van der Waals surface area (Å²) in [5, 5.41) is 23.5. The number of fused-ring (bicyclic) bond motifs is 1. The van der Waals surface area contributed by atoms with Gasteiger partial charge in [-0.2, -0.15) is 0 Å². The zero-order chi connectivity index (χ0) is 72.6. The first kappa shape index (κ1) is 81.8. The van der Waals surface area contributed by atoms with Gasteiger partial charge in [0.25, 0.3) is 0 Å². The third kappa shape index (κ3) is 23.2. The first-order chi connectivity index (χ1) is 43.7. The molecule has 3 rings (SSSR count). The lowest BCUT2D eigenvalue weighted by Crippen LogP contribution is -2.65. The minimum atomic E-state index is -2.75. The number of nitrogens with one attached hydrogen (secondary N) is 8. The van der Waals surface area contributed by atoms with Crippen molar-refractivity contribution in [2.75, 3.05) is 33.9 Å². The van der Waals surface area contributed by atoms with Crippen molar-refractivity contribution in [1.82, 2.24) is 47.4 Å². The van der Waals surface area contributed by atoms with Crippen LogP contribution in [0.15, 0.2) is 29.4 Å². The summed E-state index contributed by atoms with van der Waals surface area (Å²) in [5.74, 6) is -12.8. The monoisotopic (exact) mass is 1370 g/mol. The molecule has 2 heterocycles. The van der Waals surface area contributed by atoms with E-state index in [1.807, 2.05) is 33.9 Å². The van der Waals surface area contributed by atoms with E-state index in [2.05, 4.69) is 86.4 Å². The van der Waals surface area contributed by atoms with E-state index in [-0.39, 0.29) is 18.0 Å². The Kier molecular flexibility index (Phi) is 29.7. The number of piperidine rings is 1. The van der Waals surface area contributed by atoms with Crippen LogP contribution >= 0.6 is 0 Å². The maximum atomic E-state index is 15.9. The van der Waals surface area contributed by atoms with Crippen LogP contribution in [0, 0.1) is 17.8 Å². The van der Waals surface area contributed by atoms with Gasteiger partial charge >= 0.3 is 12.1 Å². The highest BCUT2D eigenvalue weighted by molar-refractivity contribution is 6.75. The highest BCUT2D eigenvalue weighted by atomic mass is 28.4. The molecule has 0 aromatic heterocycles. The zero-order valence-corrected chi connectivity index (χ0v) is 61.5. The maximum Gasteiger partial charge on any atom is 0.408 e. The number of rotatable bonds is 21. The first-order valence-corrected chi connectivity index (χ1v) is 38.0. The Balaban J connectivity index is 2.43. The van der Waals surface area contributed by atoms with E-state index in [0.29, 0.717) is 24.2 Å². The summed E-state index contributed by atoms with van der Waals surface area (Å²) in [6.45, 7) is 33.7. The van der Waals surface area contributed by atoms with Gasteiger partial charge in [0.1, 0.15) is 71.9 Å². The summed E-state index contributed by atoms with van der Waals surface area (Å²) in [7, 11) is -2.58. The molecule has 32 heteroatoms. The molecule has 0 unspecified atom stereocenters. The number of cyclic esters (lactones) is 1. The normalized spacial score (nSPS) is 23.5. The lowest BCUT2D eigenvalue weighted by atomic mass is 9.87. The molecule has 2 saturated heterocycles. The van der Waals surface area contributed by atoms with E-state index < -0.39 is 196 Å². The Morgan fingerprint density at radius 2 is 1.36 bits per heavy atom. The molecule has 534 valence electrons. The summed E-state index contributed by atoms with van der Waals surface area (Å²) in [6, 6.07) is -7.80. The van der Waals surface area contributed by atoms with Crippen molar-refractivity contribution in [2.45, 2.75) is 245 Å². The highest BCUT2D eigenvalue weighted by Crippen LogP contribution is 2.39. The second-order valence-corrected chi connectivity index (χ2v) is 38.4. The summed E-state index contributed by atoms with van der Waals surface area (Å²) in [5.41, 5.74) is 14.5. The van der Waals surface area contributed by atoms with Crippen molar-refractivity contribution in [3.8, 4) is 5.75 Å². The number of primary amides is 1. The summed E-state index contributed by atoms with van der Waals surface area (Å²) < 4.78 is 36.5. The molecule has 14 atom stereocenters. The molecule has 0 radical (unpaired) electrons. The molecule has 1 aromatic rings. The number of carbonyl (C=O) groups is 11. The molecule has 95 heavy (non-hydrogen) atoms. The second-order valence-electron chi connectivity index (χ2n) is 28.9. The van der Waals surface area contributed by atoms with Crippen LogP contribution in [0.5, 0.6) is 5.75 Å². The van der Waals surface area contributed by atoms with Crippen LogP contribution in [0.4, 0.5) is 4.79 Å². The number of esters is 1. The number of methoxy groups -OCH3 is 2. The molecule has 10 amide bonds. The quantitative estimate of drug-likeness (QED) is 0.0274. The third-order valence-corrected chi connectivity index (χ3v) is 26.8. The lowest BCUT2D eigenvalue weighted by molar-refractivity contribution is -0.168. The van der Waals surface area contributed by atoms with Crippen LogP contribution < -0.4 is 52.7 Å². The standard InChI is InChI=1S/C63H107N13O17Si2/c1-33(2)49-47(71-54(81)44(34(3)35(4)51(64)78)69-55(82)45(36(5)74-75-65)73-60(87)91-61(8,9)10)57(84)68-41(32-88-17)53(80)66-31-43(77)67-37(6)52(79)70-46(38(7)92-94(19,20)62(11,12)13)56(83)72-48(58(85)76-30-24-23-25-42(76)59(86)90-49)50(89-18)39-26-28-40(29-27-39)93-95(21,22)63(14,15)16/h26-29,33-38,41-42,44-50H,23-25,30-32H2,1-22H3,(H2,64,78)(H,66,80)(H,67,77)(H,68,84)(H,69,82)(H,70,79)(H,71,81)(H,72,83)(H,73,87)/t34-,35+,36-,37-,38+,41+,42-,44-,45-,46-,47+,48+,49+,50+/m0/s1. The van der Waals surface area contributed by atoms with E-state index in [4.69, 9.17) is 33.5 Å². The predicted molar refractivity (Wildman–Crippen MR) is 357 cm³/mol. The smallest absolute Gasteiger partial charge is 0.408 e. The molecule has 0 bridgehead atoms. The molecule has 0 aliphatic carbocycles. The Morgan fingerprint density at radius 3 is 1.88 bits per heavy atom. The van der Waals surface area contributed by atoms with Crippen molar-refractivity contribution in [1.29, 1.82) is 0 Å². The van der Waals surface area contributed by atoms with E-state index >= 15 is 24.0 Å². The second kappa shape index (κ2) is 34.5. The Bertz CT molecular complexity index is 2950. The number of alkyl carbamates (subject to hydrolysis) is 1. The van der Waals surface area contributed by atoms with Crippen LogP contribution in [0.1, 0.15) is 142 Å². The number of ether oxygens (including phenoxy) is 4. The van der Waals surface area contributed by atoms with Crippen LogP contribution in [0.3, 0.4) is 0 Å². The maximum absolute atomic E-state index is 15.9. The highest BCUT2D eigenvalue weighted by Gasteiger charge is 2.48. The number of amides is 10. The zero-order valence-electron chi connectivity index (χ0n) is 59.5. The summed E-state index contributed by atoms with van der Waals surface area (Å²) in [6.07, 6.45) is -4.49. The van der Waals surface area contributed by atoms with E-state index in [1.54, 1.807) is 65.8 Å². The molecule has 2 aliphatic rings. The summed E-state index contributed by atoms with van der Waals surface area (Å²) in [4.78, 5) is 163. The number of azide groups is 1. The number of benzene rings is 1. The van der Waals surface area contributed by atoms with E-state index in [0.717, 1.165) is 0 Å². The number of nitrogens with two attached hydrogens (primary N) is 1. The fourth-order valence-corrected chi connectivity index (χ4v) is 12.4. The molecule has 10 N–H and O–H groups in total. The van der Waals surface area contributed by atoms with Gasteiger partial charge in [0.2, 0.25) is 61.5 Å². The van der Waals surface area contributed by atoms with Gasteiger partial charge in [-0.3, -0.25) is 43.2 Å². The Hall–Kier alpha value is -7.39. The number of hydrogen-bond donors (Lipinski definition) is 9. The molecular formula is C63H107N13O17Si2. The van der Waals surface area contributed by atoms with Crippen molar-refractivity contribution >= 4 is 81.9 Å². The minimum absolute atomic E-state index is 0.0183. The van der Waals surface area contributed by atoms with Gasteiger partial charge in [-0.15, -0.1) is 0 Å². The van der Waals surface area contributed by atoms with Gasteiger partial charge in [-0.25, -0.2) is 9.59 Å². The minimum Gasteiger partial charge on any atom is -0.544 e. The van der Waals surface area contributed by atoms with Gasteiger partial charge in [0.15, 0.2) is 8.32 Å². The lowest BCUT2D eigenvalue weighted by Gasteiger charge is -2.41. The number of hydrogen-bond acceptors (Lipinski definition) is 18. The SMILES string of the molecule is COC[C@H]1NC(=O)[C@H](NC(=O)[C@@H](NC(=O)[C@@H](NC(=O)OC(C)(C)C)[C@H](C)N=[N+]=[N-])[C@@H](C)[C@@H](C)C(N)=O)[C@@H](C(C)C)OC(=O)[C@@H]2CCCCN2C(=O)[C@@H]([C@H](OC)c2ccc(O[Si](C)(C)C(C)(C)C)cc2)NC(=O)[C@H]([C@@H](C)O[Si](C)(C)C(C)(C)C)NC(=O)[C@H](C)NC(=O)CNC1=O. The molecule has 2 fully saturated rings. The molecular weight excluding hydrogens is 1270 g/mol. The number of nitrogens with zero attached hydrogens (tertiary/aromatic N) is 4. The van der Waals surface area contributed by atoms with E-state index in [1.165, 1.54) is 46.8 Å². The van der Waals surface area contributed by atoms with Crippen LogP contribution in [0.2, 0.25) is 36.3 Å². The van der Waals surface area contributed by atoms with Crippen molar-refractivity contribution in [3.05, 3.63) is 40.3 Å². The Labute approximate surface area is 560 Å². The van der Waals surface area contributed by atoms with Crippen molar-refractivity contribution in [2.24, 2.45) is 28.6 Å². The molecule has 0 saturated carbocycles. The van der Waals surface area contributed by atoms with Gasteiger partial charge in [0, 0.05) is 31.6 Å². The van der Waals surface area contributed by atoms with Gasteiger partial charge in [-0.05, 0) is 125 Å². The molecule has 2 aliphatic heterocycles. The fraction of sp³-hybridized carbons (Fsp3) is 0.730. The molecule has 0 spiro atoms. The Morgan fingerprint density at radius 1 is 0.768 bits per heavy atom. The molecule has 1 aromatic carbocycles. The van der Waals surface area contributed by atoms with Crippen LogP contribution in [-0.2, 0) is 71.3 Å². The summed E-state index contributed by atoms with van der Waals surface area (Å²) >= 11 is 0. The topological polar surface area (TPSA) is 417 Å². The van der Waals surface area contributed by atoms with Crippen LogP contribution in [-0.4, -0.2) is 193 Å². The van der Waals surface area contributed by atoms with Crippen molar-refractivity contribution in [3.63, 3.8) is 0 Å². The first-order valence-electron chi connectivity index (χ1n) is 32.2. The van der Waals surface area contributed by atoms with Crippen LogP contribution in [0.25, 0.3) is 10.4 Å². The van der Waals surface area contributed by atoms with E-state index in [9.17, 15) is 34.3 Å². The largest absolute Gasteiger partial charge is 0.544 e. The fourth-order valence-electron chi connectivity index (χ4n) is 9.97. The third-order valence-electron chi connectivity index (χ3n) is 17.9. The van der Waals surface area contributed by atoms with Crippen molar-refractivity contribution < 1.29 is 80.5 Å². The van der Waals surface area contributed by atoms with Gasteiger partial charge in [-0.1, -0.05) is 93.4 Å². The average Bonchev–Trinajstić information content (AvgIpc) is 0.805. The molecule has 30 nitrogen and oxygen atoms in total. The van der Waals surface area contributed by atoms with Gasteiger partial charge in [0.05, 0.1) is 25.3 Å². The van der Waals surface area contributed by atoms with Gasteiger partial charge < -0.3 is 81.0 Å². The predicted octanol–water partition coefficient (Wildman–Crippen LogP) is 4.17. The number of carbonyl (C=O) groups excluding carboxylic acids is 11. The average molecular weight is 1370 g/mol.